The van der Waals surface area contributed by atoms with Gasteiger partial charge in [0.25, 0.3) is 10.0 Å². The molecular weight excluding hydrogens is 396 g/mol. The molecule has 0 saturated carbocycles. The average Bonchev–Trinajstić information content (AvgIpc) is 2.41. The maximum Gasteiger partial charge on any atom is 0.265 e. The Morgan fingerprint density at radius 1 is 1.11 bits per heavy atom. The van der Waals surface area contributed by atoms with Crippen molar-refractivity contribution in [3.63, 3.8) is 0 Å². The molecule has 19 heavy (non-hydrogen) atoms. The van der Waals surface area contributed by atoms with E-state index in [1.165, 1.54) is 11.4 Å². The topological polar surface area (TPSA) is 50.3 Å². The number of hydrogen-bond acceptors (Lipinski definition) is 3. The second-order valence-electron chi connectivity index (χ2n) is 3.75. The molecule has 4 nitrogen and oxygen atoms in total. The maximum absolute atomic E-state index is 12.6. The number of benzene rings is 1. The smallest absolute Gasteiger partial charge is 0.265 e. The highest BCUT2D eigenvalue weighted by molar-refractivity contribution is 9.11. The average molecular weight is 406 g/mol. The largest absolute Gasteiger partial charge is 0.269 e. The molecule has 0 spiro atoms. The molecular formula is C12H10Br2N2O2S. The summed E-state index contributed by atoms with van der Waals surface area (Å²) in [4.78, 5) is 4.09. The molecule has 1 aromatic heterocycles. The van der Waals surface area contributed by atoms with Gasteiger partial charge in [-0.25, -0.2) is 8.42 Å². The van der Waals surface area contributed by atoms with Crippen molar-refractivity contribution in [3.8, 4) is 0 Å². The van der Waals surface area contributed by atoms with E-state index < -0.39 is 10.0 Å². The van der Waals surface area contributed by atoms with Crippen molar-refractivity contribution in [2.24, 2.45) is 0 Å². The fourth-order valence-corrected chi connectivity index (χ4v) is 4.17. The quantitative estimate of drug-likeness (QED) is 0.785. The van der Waals surface area contributed by atoms with E-state index in [4.69, 9.17) is 0 Å². The Morgan fingerprint density at radius 2 is 1.74 bits per heavy atom. The maximum atomic E-state index is 12.6. The summed E-state index contributed by atoms with van der Waals surface area (Å²) >= 11 is 6.55. The lowest BCUT2D eigenvalue weighted by molar-refractivity contribution is 0.594. The van der Waals surface area contributed by atoms with Crippen LogP contribution in [0.15, 0.2) is 56.6 Å². The first kappa shape index (κ1) is 14.5. The third-order valence-corrected chi connectivity index (χ3v) is 5.83. The zero-order chi connectivity index (χ0) is 14.0. The molecule has 2 rings (SSSR count). The molecule has 2 aromatic rings. The van der Waals surface area contributed by atoms with Gasteiger partial charge in [-0.2, -0.15) is 0 Å². The van der Waals surface area contributed by atoms with Gasteiger partial charge in [0.1, 0.15) is 4.90 Å². The van der Waals surface area contributed by atoms with Gasteiger partial charge in [-0.1, -0.05) is 15.9 Å². The monoisotopic (exact) mass is 404 g/mol. The number of aromatic nitrogens is 1. The molecule has 0 N–H and O–H groups in total. The van der Waals surface area contributed by atoms with Gasteiger partial charge in [-0.05, 0) is 46.3 Å². The number of anilines is 1. The van der Waals surface area contributed by atoms with E-state index in [2.05, 4.69) is 36.8 Å². The molecule has 0 unspecified atom stereocenters. The van der Waals surface area contributed by atoms with E-state index in [1.807, 2.05) is 0 Å². The predicted molar refractivity (Wildman–Crippen MR) is 81.7 cm³/mol. The summed E-state index contributed by atoms with van der Waals surface area (Å²) in [6.07, 6.45) is 3.11. The molecule has 0 aliphatic carbocycles. The van der Waals surface area contributed by atoms with Crippen LogP contribution in [0, 0.1) is 0 Å². The lowest BCUT2D eigenvalue weighted by Gasteiger charge is -2.20. The minimum Gasteiger partial charge on any atom is -0.269 e. The summed E-state index contributed by atoms with van der Waals surface area (Å²) in [6, 6.07) is 8.32. The van der Waals surface area contributed by atoms with Gasteiger partial charge in [0, 0.05) is 28.4 Å². The van der Waals surface area contributed by atoms with E-state index in [9.17, 15) is 8.42 Å². The Balaban J connectivity index is 2.51. The number of halogens is 2. The number of sulfonamides is 1. The molecule has 100 valence electrons. The van der Waals surface area contributed by atoms with Crippen LogP contribution in [0.4, 0.5) is 5.69 Å². The molecule has 0 aliphatic rings. The Bertz CT molecular complexity index is 690. The van der Waals surface area contributed by atoms with Crippen LogP contribution in [0.25, 0.3) is 0 Å². The summed E-state index contributed by atoms with van der Waals surface area (Å²) in [5.74, 6) is 0. The number of nitrogens with zero attached hydrogens (tertiary/aromatic N) is 2. The first-order chi connectivity index (χ1) is 8.93. The van der Waals surface area contributed by atoms with Crippen LogP contribution in [0.2, 0.25) is 0 Å². The van der Waals surface area contributed by atoms with Crippen LogP contribution in [-0.2, 0) is 10.0 Å². The summed E-state index contributed by atoms with van der Waals surface area (Å²) in [7, 11) is -2.10. The second-order valence-corrected chi connectivity index (χ2v) is 7.46. The summed E-state index contributed by atoms with van der Waals surface area (Å²) in [5.41, 5.74) is 0.557. The first-order valence-electron chi connectivity index (χ1n) is 5.27. The summed E-state index contributed by atoms with van der Waals surface area (Å²) in [6.45, 7) is 0. The van der Waals surface area contributed by atoms with Crippen molar-refractivity contribution in [1.29, 1.82) is 0 Å². The van der Waals surface area contributed by atoms with Crippen molar-refractivity contribution in [2.45, 2.75) is 4.90 Å². The van der Waals surface area contributed by atoms with Crippen molar-refractivity contribution >= 4 is 47.6 Å². The molecule has 0 amide bonds. The Morgan fingerprint density at radius 3 is 2.37 bits per heavy atom. The fourth-order valence-electron chi connectivity index (χ4n) is 1.52. The first-order valence-corrected chi connectivity index (χ1v) is 8.29. The van der Waals surface area contributed by atoms with Crippen LogP contribution in [0.3, 0.4) is 0 Å². The summed E-state index contributed by atoms with van der Waals surface area (Å²) < 4.78 is 27.6. The standard InChI is InChI=1S/C12H10Br2N2O2S/c1-16(10-4-6-15-7-5-10)19(17,18)12-8-9(13)2-3-11(12)14/h2-8H,1H3. The molecule has 0 atom stereocenters. The number of pyridine rings is 1. The minimum atomic E-state index is -3.62. The fraction of sp³-hybridized carbons (Fsp3) is 0.0833. The zero-order valence-corrected chi connectivity index (χ0v) is 13.9. The van der Waals surface area contributed by atoms with E-state index in [-0.39, 0.29) is 4.90 Å². The van der Waals surface area contributed by atoms with Crippen molar-refractivity contribution in [3.05, 3.63) is 51.7 Å². The van der Waals surface area contributed by atoms with E-state index in [0.717, 1.165) is 0 Å². The lowest BCUT2D eigenvalue weighted by Crippen LogP contribution is -2.26. The van der Waals surface area contributed by atoms with Crippen LogP contribution in [0.5, 0.6) is 0 Å². The highest BCUT2D eigenvalue weighted by Crippen LogP contribution is 2.29. The van der Waals surface area contributed by atoms with Gasteiger partial charge < -0.3 is 0 Å². The summed E-state index contributed by atoms with van der Waals surface area (Å²) in [5, 5.41) is 0. The third kappa shape index (κ3) is 2.98. The molecule has 7 heteroatoms. The second kappa shape index (κ2) is 5.60. The van der Waals surface area contributed by atoms with E-state index >= 15 is 0 Å². The van der Waals surface area contributed by atoms with Gasteiger partial charge in [0.05, 0.1) is 5.69 Å². The molecule has 0 fully saturated rings. The van der Waals surface area contributed by atoms with Crippen molar-refractivity contribution in [2.75, 3.05) is 11.4 Å². The van der Waals surface area contributed by atoms with Crippen molar-refractivity contribution in [1.82, 2.24) is 4.98 Å². The third-order valence-electron chi connectivity index (χ3n) is 2.56. The van der Waals surface area contributed by atoms with Gasteiger partial charge in [-0.15, -0.1) is 0 Å². The Labute approximate surface area is 128 Å². The van der Waals surface area contributed by atoms with E-state index in [1.54, 1.807) is 42.7 Å². The van der Waals surface area contributed by atoms with Gasteiger partial charge in [0.2, 0.25) is 0 Å². The number of hydrogen-bond donors (Lipinski definition) is 0. The van der Waals surface area contributed by atoms with E-state index in [0.29, 0.717) is 14.6 Å². The molecule has 1 aromatic carbocycles. The van der Waals surface area contributed by atoms with Crippen LogP contribution < -0.4 is 4.31 Å². The lowest BCUT2D eigenvalue weighted by atomic mass is 10.4. The van der Waals surface area contributed by atoms with Crippen LogP contribution in [-0.4, -0.2) is 20.4 Å². The van der Waals surface area contributed by atoms with Gasteiger partial charge in [0.15, 0.2) is 0 Å². The Hall–Kier alpha value is -0.920. The van der Waals surface area contributed by atoms with Gasteiger partial charge in [-0.3, -0.25) is 9.29 Å². The Kier molecular flexibility index (Phi) is 4.27. The number of rotatable bonds is 3. The predicted octanol–water partition coefficient (Wildman–Crippen LogP) is 3.43. The molecule has 0 bridgehead atoms. The zero-order valence-electron chi connectivity index (χ0n) is 9.92. The van der Waals surface area contributed by atoms with Crippen LogP contribution >= 0.6 is 31.9 Å². The van der Waals surface area contributed by atoms with Crippen LogP contribution in [0.1, 0.15) is 0 Å². The molecule has 1 heterocycles. The molecule has 0 saturated heterocycles. The highest BCUT2D eigenvalue weighted by atomic mass is 79.9. The SMILES string of the molecule is CN(c1ccncc1)S(=O)(=O)c1cc(Br)ccc1Br. The molecule has 0 aliphatic heterocycles. The highest BCUT2D eigenvalue weighted by Gasteiger charge is 2.24. The van der Waals surface area contributed by atoms with Crippen molar-refractivity contribution < 1.29 is 8.42 Å². The minimum absolute atomic E-state index is 0.209. The van der Waals surface area contributed by atoms with Gasteiger partial charge >= 0.3 is 0 Å². The normalized spacial score (nSPS) is 11.3. The molecule has 0 radical (unpaired) electrons.